The quantitative estimate of drug-likeness (QED) is 0.926. The Labute approximate surface area is 109 Å². The number of amides is 1. The highest BCUT2D eigenvalue weighted by atomic mass is 79.9. The Morgan fingerprint density at radius 1 is 1.47 bits per heavy atom. The van der Waals surface area contributed by atoms with Crippen LogP contribution in [0.15, 0.2) is 22.7 Å². The zero-order valence-corrected chi connectivity index (χ0v) is 11.1. The largest absolute Gasteiger partial charge is 0.296 e. The number of aromatic nitrogens is 2. The van der Waals surface area contributed by atoms with Gasteiger partial charge in [0, 0.05) is 0 Å². The highest BCUT2D eigenvalue weighted by Gasteiger charge is 2.15. The van der Waals surface area contributed by atoms with Gasteiger partial charge in [-0.3, -0.25) is 10.1 Å². The predicted molar refractivity (Wildman–Crippen MR) is 66.7 cm³/mol. The van der Waals surface area contributed by atoms with Gasteiger partial charge in [0.15, 0.2) is 0 Å². The standard InChI is InChI=1S/C10H7BrFN3OS/c1-5-14-15-10(17-5)13-9(16)6-3-2-4-7(11)8(6)12/h2-4H,1H3,(H,13,15,16). The number of rotatable bonds is 2. The molecule has 0 bridgehead atoms. The van der Waals surface area contributed by atoms with E-state index >= 15 is 0 Å². The van der Waals surface area contributed by atoms with Crippen molar-refractivity contribution < 1.29 is 9.18 Å². The molecule has 1 N–H and O–H groups in total. The smallest absolute Gasteiger partial charge is 0.260 e. The van der Waals surface area contributed by atoms with Crippen molar-refractivity contribution in [2.45, 2.75) is 6.92 Å². The molecule has 2 aromatic rings. The van der Waals surface area contributed by atoms with Crippen LogP contribution in [0, 0.1) is 12.7 Å². The van der Waals surface area contributed by atoms with E-state index in [0.29, 0.717) is 5.13 Å². The van der Waals surface area contributed by atoms with E-state index < -0.39 is 11.7 Å². The number of aryl methyl sites for hydroxylation is 1. The summed E-state index contributed by atoms with van der Waals surface area (Å²) in [4.78, 5) is 11.8. The van der Waals surface area contributed by atoms with Crippen molar-refractivity contribution in [1.82, 2.24) is 10.2 Å². The van der Waals surface area contributed by atoms with Gasteiger partial charge < -0.3 is 0 Å². The topological polar surface area (TPSA) is 54.9 Å². The van der Waals surface area contributed by atoms with Crippen LogP contribution in [0.5, 0.6) is 0 Å². The van der Waals surface area contributed by atoms with Gasteiger partial charge in [-0.1, -0.05) is 17.4 Å². The minimum absolute atomic E-state index is 0.0350. The molecule has 0 saturated heterocycles. The van der Waals surface area contributed by atoms with Crippen molar-refractivity contribution in [3.8, 4) is 0 Å². The van der Waals surface area contributed by atoms with Gasteiger partial charge >= 0.3 is 0 Å². The number of halogens is 2. The molecule has 4 nitrogen and oxygen atoms in total. The van der Waals surface area contributed by atoms with Gasteiger partial charge in [-0.2, -0.15) is 0 Å². The molecule has 0 fully saturated rings. The van der Waals surface area contributed by atoms with Gasteiger partial charge in [-0.15, -0.1) is 10.2 Å². The molecule has 1 heterocycles. The van der Waals surface area contributed by atoms with Crippen molar-refractivity contribution in [2.24, 2.45) is 0 Å². The van der Waals surface area contributed by atoms with E-state index in [9.17, 15) is 9.18 Å². The number of benzene rings is 1. The van der Waals surface area contributed by atoms with Gasteiger partial charge in [-0.05, 0) is 35.0 Å². The maximum Gasteiger partial charge on any atom is 0.260 e. The fourth-order valence-electron chi connectivity index (χ4n) is 1.19. The lowest BCUT2D eigenvalue weighted by atomic mass is 10.2. The number of hydrogen-bond donors (Lipinski definition) is 1. The van der Waals surface area contributed by atoms with Gasteiger partial charge in [-0.25, -0.2) is 4.39 Å². The highest BCUT2D eigenvalue weighted by molar-refractivity contribution is 9.10. The zero-order chi connectivity index (χ0) is 12.4. The average Bonchev–Trinajstić information content (AvgIpc) is 2.68. The Morgan fingerprint density at radius 3 is 2.88 bits per heavy atom. The molecular weight excluding hydrogens is 309 g/mol. The molecule has 0 radical (unpaired) electrons. The summed E-state index contributed by atoms with van der Waals surface area (Å²) in [6.45, 7) is 1.77. The van der Waals surface area contributed by atoms with Gasteiger partial charge in [0.05, 0.1) is 10.0 Å². The minimum atomic E-state index is -0.591. The molecule has 0 spiro atoms. The van der Waals surface area contributed by atoms with E-state index in [1.165, 1.54) is 23.5 Å². The predicted octanol–water partition coefficient (Wildman–Crippen LogP) is 3.00. The molecule has 17 heavy (non-hydrogen) atoms. The first-order chi connectivity index (χ1) is 8.08. The van der Waals surface area contributed by atoms with Crippen LogP contribution < -0.4 is 5.32 Å². The Kier molecular flexibility index (Phi) is 3.49. The van der Waals surface area contributed by atoms with Crippen molar-refractivity contribution in [3.63, 3.8) is 0 Å². The summed E-state index contributed by atoms with van der Waals surface area (Å²) in [5.41, 5.74) is -0.0350. The van der Waals surface area contributed by atoms with Crippen LogP contribution in [0.4, 0.5) is 9.52 Å². The lowest BCUT2D eigenvalue weighted by Crippen LogP contribution is -2.13. The number of carbonyl (C=O) groups excluding carboxylic acids is 1. The van der Waals surface area contributed by atoms with Crippen molar-refractivity contribution in [2.75, 3.05) is 5.32 Å². The first-order valence-electron chi connectivity index (χ1n) is 4.63. The summed E-state index contributed by atoms with van der Waals surface area (Å²) in [6.07, 6.45) is 0. The highest BCUT2D eigenvalue weighted by Crippen LogP contribution is 2.20. The lowest BCUT2D eigenvalue weighted by molar-refractivity contribution is 0.102. The lowest BCUT2D eigenvalue weighted by Gasteiger charge is -2.03. The number of anilines is 1. The number of nitrogens with zero attached hydrogens (tertiary/aromatic N) is 2. The monoisotopic (exact) mass is 315 g/mol. The van der Waals surface area contributed by atoms with Crippen molar-refractivity contribution >= 4 is 38.3 Å². The number of carbonyl (C=O) groups is 1. The molecule has 0 saturated carbocycles. The molecule has 2 rings (SSSR count). The SMILES string of the molecule is Cc1nnc(NC(=O)c2cccc(Br)c2F)s1. The second-order valence-electron chi connectivity index (χ2n) is 3.18. The summed E-state index contributed by atoms with van der Waals surface area (Å²) in [7, 11) is 0. The van der Waals surface area contributed by atoms with Gasteiger partial charge in [0.2, 0.25) is 5.13 Å². The van der Waals surface area contributed by atoms with Crippen LogP contribution in [0.2, 0.25) is 0 Å². The van der Waals surface area contributed by atoms with E-state index in [1.54, 1.807) is 13.0 Å². The van der Waals surface area contributed by atoms with E-state index in [1.807, 2.05) is 0 Å². The Balaban J connectivity index is 2.23. The molecule has 0 aliphatic carbocycles. The molecule has 0 atom stereocenters. The van der Waals surface area contributed by atoms with E-state index in [2.05, 4.69) is 31.4 Å². The molecule has 0 unspecified atom stereocenters. The van der Waals surface area contributed by atoms with Crippen LogP contribution >= 0.6 is 27.3 Å². The first kappa shape index (κ1) is 12.1. The fourth-order valence-corrected chi connectivity index (χ4v) is 2.14. The summed E-state index contributed by atoms with van der Waals surface area (Å²) in [5.74, 6) is -1.13. The summed E-state index contributed by atoms with van der Waals surface area (Å²) >= 11 is 4.26. The van der Waals surface area contributed by atoms with E-state index in [0.717, 1.165) is 5.01 Å². The average molecular weight is 316 g/mol. The maximum atomic E-state index is 13.6. The molecule has 1 aromatic heterocycles. The summed E-state index contributed by atoms with van der Waals surface area (Å²) in [5, 5.41) is 11.1. The summed E-state index contributed by atoms with van der Waals surface area (Å²) in [6, 6.07) is 4.53. The Hall–Kier alpha value is -1.34. The molecule has 7 heteroatoms. The molecule has 1 aromatic carbocycles. The summed E-state index contributed by atoms with van der Waals surface area (Å²) < 4.78 is 13.9. The van der Waals surface area contributed by atoms with E-state index in [-0.39, 0.29) is 10.0 Å². The third kappa shape index (κ3) is 2.67. The fraction of sp³-hybridized carbons (Fsp3) is 0.100. The van der Waals surface area contributed by atoms with Crippen LogP contribution in [0.1, 0.15) is 15.4 Å². The first-order valence-corrected chi connectivity index (χ1v) is 6.24. The van der Waals surface area contributed by atoms with Crippen LogP contribution in [0.3, 0.4) is 0 Å². The third-order valence-electron chi connectivity index (χ3n) is 1.94. The maximum absolute atomic E-state index is 13.6. The van der Waals surface area contributed by atoms with Crippen LogP contribution in [-0.4, -0.2) is 16.1 Å². The number of hydrogen-bond acceptors (Lipinski definition) is 4. The molecule has 88 valence electrons. The van der Waals surface area contributed by atoms with Crippen molar-refractivity contribution in [1.29, 1.82) is 0 Å². The van der Waals surface area contributed by atoms with Crippen molar-refractivity contribution in [3.05, 3.63) is 39.1 Å². The minimum Gasteiger partial charge on any atom is -0.296 e. The van der Waals surface area contributed by atoms with E-state index in [4.69, 9.17) is 0 Å². The normalized spacial score (nSPS) is 10.3. The van der Waals surface area contributed by atoms with Crippen LogP contribution in [-0.2, 0) is 0 Å². The molecule has 0 aliphatic heterocycles. The molecule has 1 amide bonds. The van der Waals surface area contributed by atoms with Gasteiger partial charge in [0.25, 0.3) is 5.91 Å². The second kappa shape index (κ2) is 4.89. The van der Waals surface area contributed by atoms with Gasteiger partial charge in [0.1, 0.15) is 10.8 Å². The Bertz CT molecular complexity index is 572. The zero-order valence-electron chi connectivity index (χ0n) is 8.70. The second-order valence-corrected chi connectivity index (χ2v) is 5.22. The van der Waals surface area contributed by atoms with Crippen LogP contribution in [0.25, 0.3) is 0 Å². The molecular formula is C10H7BrFN3OS. The third-order valence-corrected chi connectivity index (χ3v) is 3.31. The Morgan fingerprint density at radius 2 is 2.24 bits per heavy atom. The molecule has 0 aliphatic rings. The number of nitrogens with one attached hydrogen (secondary N) is 1.